The highest BCUT2D eigenvalue weighted by molar-refractivity contribution is 5.84. The molecule has 3 rings (SSSR count). The number of hydrogen-bond acceptors (Lipinski definition) is 5. The maximum atomic E-state index is 5.66. The highest BCUT2D eigenvalue weighted by Crippen LogP contribution is 2.23. The molecule has 18 heavy (non-hydrogen) atoms. The van der Waals surface area contributed by atoms with Crippen molar-refractivity contribution in [1.29, 1.82) is 0 Å². The quantitative estimate of drug-likeness (QED) is 0.705. The summed E-state index contributed by atoms with van der Waals surface area (Å²) in [6.45, 7) is 1.99. The molecule has 0 fully saturated rings. The van der Waals surface area contributed by atoms with Crippen LogP contribution in [-0.4, -0.2) is 15.2 Å². The Bertz CT molecular complexity index is 673. The molecule has 5 heteroatoms. The summed E-state index contributed by atoms with van der Waals surface area (Å²) < 4.78 is 10.9. The van der Waals surface area contributed by atoms with Crippen LogP contribution >= 0.6 is 0 Å². The van der Waals surface area contributed by atoms with Crippen molar-refractivity contribution < 1.29 is 9.15 Å². The van der Waals surface area contributed by atoms with Gasteiger partial charge >= 0.3 is 0 Å². The van der Waals surface area contributed by atoms with E-state index in [4.69, 9.17) is 9.15 Å². The lowest BCUT2D eigenvalue weighted by molar-refractivity contribution is 0.263. The monoisotopic (exact) mass is 241 g/mol. The van der Waals surface area contributed by atoms with E-state index in [1.807, 2.05) is 30.3 Å². The fourth-order valence-electron chi connectivity index (χ4n) is 1.73. The molecule has 90 valence electrons. The van der Waals surface area contributed by atoms with Gasteiger partial charge in [-0.2, -0.15) is 0 Å². The summed E-state index contributed by atoms with van der Waals surface area (Å²) in [5, 5.41) is 8.67. The first-order valence-electron chi connectivity index (χ1n) is 5.58. The molecule has 0 atom stereocenters. The molecular weight excluding hydrogens is 230 g/mol. The number of benzene rings is 1. The summed E-state index contributed by atoms with van der Waals surface area (Å²) in [7, 11) is 0. The van der Waals surface area contributed by atoms with Gasteiger partial charge in [-0.25, -0.2) is 0 Å². The van der Waals surface area contributed by atoms with Gasteiger partial charge in [0.15, 0.2) is 6.61 Å². The van der Waals surface area contributed by atoms with Gasteiger partial charge in [0.05, 0.1) is 0 Å². The Balaban J connectivity index is 1.86. The van der Waals surface area contributed by atoms with Crippen molar-refractivity contribution in [3.8, 4) is 5.75 Å². The number of rotatable bonds is 3. The van der Waals surface area contributed by atoms with Gasteiger partial charge < -0.3 is 9.15 Å². The molecule has 0 saturated carbocycles. The van der Waals surface area contributed by atoms with Gasteiger partial charge in [-0.3, -0.25) is 4.98 Å². The van der Waals surface area contributed by atoms with E-state index in [1.165, 1.54) is 0 Å². The summed E-state index contributed by atoms with van der Waals surface area (Å²) >= 11 is 0. The highest BCUT2D eigenvalue weighted by atomic mass is 16.5. The summed E-state index contributed by atoms with van der Waals surface area (Å²) in [5.74, 6) is 1.70. The average molecular weight is 241 g/mol. The molecule has 0 spiro atoms. The lowest BCUT2D eigenvalue weighted by atomic mass is 10.2. The largest absolute Gasteiger partial charge is 0.482 e. The highest BCUT2D eigenvalue weighted by Gasteiger charge is 2.06. The van der Waals surface area contributed by atoms with E-state index in [0.717, 1.165) is 10.9 Å². The zero-order valence-electron chi connectivity index (χ0n) is 9.83. The second kappa shape index (κ2) is 4.44. The van der Waals surface area contributed by atoms with Crippen LogP contribution in [0.2, 0.25) is 0 Å². The van der Waals surface area contributed by atoms with Crippen molar-refractivity contribution >= 4 is 10.9 Å². The van der Waals surface area contributed by atoms with E-state index >= 15 is 0 Å². The maximum absolute atomic E-state index is 5.66. The normalized spacial score (nSPS) is 10.7. The van der Waals surface area contributed by atoms with Crippen molar-refractivity contribution in [2.24, 2.45) is 0 Å². The van der Waals surface area contributed by atoms with Crippen molar-refractivity contribution in [1.82, 2.24) is 15.2 Å². The average Bonchev–Trinajstić information content (AvgIpc) is 2.82. The molecule has 0 aliphatic heterocycles. The van der Waals surface area contributed by atoms with Crippen LogP contribution in [0.15, 0.2) is 40.9 Å². The number of pyridine rings is 1. The second-order valence-electron chi connectivity index (χ2n) is 3.83. The molecule has 0 amide bonds. The fourth-order valence-corrected chi connectivity index (χ4v) is 1.73. The Morgan fingerprint density at radius 3 is 2.89 bits per heavy atom. The summed E-state index contributed by atoms with van der Waals surface area (Å²) in [4.78, 5) is 4.31. The lowest BCUT2D eigenvalue weighted by Crippen LogP contribution is -1.97. The first-order valence-corrected chi connectivity index (χ1v) is 5.58. The molecule has 0 aliphatic rings. The molecular formula is C13H11N3O2. The van der Waals surface area contributed by atoms with Gasteiger partial charge in [0.25, 0.3) is 5.89 Å². The number of para-hydroxylation sites is 1. The Morgan fingerprint density at radius 1 is 1.17 bits per heavy atom. The first-order chi connectivity index (χ1) is 8.83. The number of ether oxygens (including phenoxy) is 1. The van der Waals surface area contributed by atoms with Crippen molar-refractivity contribution in [2.75, 3.05) is 0 Å². The summed E-state index contributed by atoms with van der Waals surface area (Å²) in [6.07, 6.45) is 1.74. The van der Waals surface area contributed by atoms with Gasteiger partial charge in [-0.1, -0.05) is 18.2 Å². The van der Waals surface area contributed by atoms with Crippen LogP contribution in [-0.2, 0) is 6.61 Å². The first kappa shape index (κ1) is 10.7. The van der Waals surface area contributed by atoms with E-state index in [9.17, 15) is 0 Å². The molecule has 0 bridgehead atoms. The third-order valence-corrected chi connectivity index (χ3v) is 2.51. The van der Waals surface area contributed by atoms with Crippen LogP contribution in [0.25, 0.3) is 10.9 Å². The number of aromatic nitrogens is 3. The predicted molar refractivity (Wildman–Crippen MR) is 65.1 cm³/mol. The van der Waals surface area contributed by atoms with E-state index in [1.54, 1.807) is 13.1 Å². The molecule has 0 radical (unpaired) electrons. The zero-order valence-corrected chi connectivity index (χ0v) is 9.83. The molecule has 0 unspecified atom stereocenters. The van der Waals surface area contributed by atoms with Crippen LogP contribution in [0.5, 0.6) is 5.75 Å². The Morgan fingerprint density at radius 2 is 2.06 bits per heavy atom. The van der Waals surface area contributed by atoms with Gasteiger partial charge in [0.2, 0.25) is 5.89 Å². The smallest absolute Gasteiger partial charge is 0.253 e. The van der Waals surface area contributed by atoms with Crippen LogP contribution in [0.4, 0.5) is 0 Å². The molecule has 0 N–H and O–H groups in total. The van der Waals surface area contributed by atoms with Crippen molar-refractivity contribution in [2.45, 2.75) is 13.5 Å². The van der Waals surface area contributed by atoms with Gasteiger partial charge in [-0.15, -0.1) is 10.2 Å². The molecule has 2 heterocycles. The molecule has 2 aromatic heterocycles. The fraction of sp³-hybridized carbons (Fsp3) is 0.154. The Hall–Kier alpha value is -2.43. The van der Waals surface area contributed by atoms with Crippen LogP contribution in [0.3, 0.4) is 0 Å². The minimum Gasteiger partial charge on any atom is -0.482 e. The Labute approximate surface area is 103 Å². The van der Waals surface area contributed by atoms with E-state index in [2.05, 4.69) is 15.2 Å². The third kappa shape index (κ3) is 2.02. The van der Waals surface area contributed by atoms with Crippen molar-refractivity contribution in [3.05, 3.63) is 48.3 Å². The predicted octanol–water partition coefficient (Wildman–Crippen LogP) is 2.51. The minimum absolute atomic E-state index is 0.247. The molecule has 0 aliphatic carbocycles. The second-order valence-corrected chi connectivity index (χ2v) is 3.83. The van der Waals surface area contributed by atoms with Crippen molar-refractivity contribution in [3.63, 3.8) is 0 Å². The number of aryl methyl sites for hydroxylation is 1. The third-order valence-electron chi connectivity index (χ3n) is 2.51. The van der Waals surface area contributed by atoms with Gasteiger partial charge in [-0.05, 0) is 12.1 Å². The molecule has 3 aromatic rings. The van der Waals surface area contributed by atoms with Gasteiger partial charge in [0, 0.05) is 18.5 Å². The van der Waals surface area contributed by atoms with E-state index in [0.29, 0.717) is 17.5 Å². The molecule has 5 nitrogen and oxygen atoms in total. The Kier molecular flexibility index (Phi) is 2.64. The van der Waals surface area contributed by atoms with Crippen LogP contribution in [0, 0.1) is 6.92 Å². The van der Waals surface area contributed by atoms with Gasteiger partial charge in [0.1, 0.15) is 11.3 Å². The zero-order chi connectivity index (χ0) is 12.4. The number of hydrogen-bond donors (Lipinski definition) is 0. The van der Waals surface area contributed by atoms with E-state index in [-0.39, 0.29) is 6.61 Å². The number of nitrogens with zero attached hydrogens (tertiary/aromatic N) is 3. The topological polar surface area (TPSA) is 61.0 Å². The maximum Gasteiger partial charge on any atom is 0.253 e. The lowest BCUT2D eigenvalue weighted by Gasteiger charge is -2.05. The minimum atomic E-state index is 0.247. The van der Waals surface area contributed by atoms with E-state index < -0.39 is 0 Å². The standard InChI is InChI=1S/C13H11N3O2/c1-9-15-16-12(18-9)8-17-11-6-2-4-10-5-3-7-14-13(10)11/h2-7H,8H2,1H3. The summed E-state index contributed by atoms with van der Waals surface area (Å²) in [6, 6.07) is 9.68. The number of fused-ring (bicyclic) bond motifs is 1. The SMILES string of the molecule is Cc1nnc(COc2cccc3cccnc23)o1. The van der Waals surface area contributed by atoms with Crippen LogP contribution < -0.4 is 4.74 Å². The molecule has 1 aromatic carbocycles. The summed E-state index contributed by atoms with van der Waals surface area (Å²) in [5.41, 5.74) is 0.830. The molecule has 0 saturated heterocycles. The van der Waals surface area contributed by atoms with Crippen LogP contribution in [0.1, 0.15) is 11.8 Å².